The monoisotopic (exact) mass is 250 g/mol. The molecule has 2 nitrogen and oxygen atoms in total. The molecule has 0 amide bonds. The van der Waals surface area contributed by atoms with Gasteiger partial charge >= 0.3 is 0 Å². The fourth-order valence-electron chi connectivity index (χ4n) is 2.66. The van der Waals surface area contributed by atoms with Gasteiger partial charge < -0.3 is 10.2 Å². The van der Waals surface area contributed by atoms with Crippen molar-refractivity contribution in [2.45, 2.75) is 38.6 Å². The third-order valence-corrected chi connectivity index (χ3v) is 3.84. The van der Waals surface area contributed by atoms with Gasteiger partial charge in [0, 0.05) is 12.6 Å². The number of benzene rings is 1. The minimum Gasteiger partial charge on any atom is -0.383 e. The Morgan fingerprint density at radius 3 is 3.00 bits per heavy atom. The number of nitrogens with one attached hydrogen (secondary N) is 1. The number of piperidine rings is 1. The number of hydrogen-bond acceptors (Lipinski definition) is 2. The second-order valence-electron chi connectivity index (χ2n) is 5.33. The van der Waals surface area contributed by atoms with Crippen LogP contribution in [-0.4, -0.2) is 31.1 Å². The summed E-state index contributed by atoms with van der Waals surface area (Å²) < 4.78 is 13.5. The van der Waals surface area contributed by atoms with Crippen molar-refractivity contribution in [3.8, 4) is 0 Å². The Morgan fingerprint density at radius 1 is 1.39 bits per heavy atom. The second kappa shape index (κ2) is 6.19. The summed E-state index contributed by atoms with van der Waals surface area (Å²) in [5.41, 5.74) is 1.72. The molecule has 1 aromatic carbocycles. The smallest absolute Gasteiger partial charge is 0.146 e. The number of anilines is 1. The lowest BCUT2D eigenvalue weighted by Crippen LogP contribution is -2.37. The maximum absolute atomic E-state index is 13.5. The van der Waals surface area contributed by atoms with Crippen LogP contribution in [0, 0.1) is 12.7 Å². The normalized spacial score (nSPS) is 20.9. The number of rotatable bonds is 4. The molecule has 1 fully saturated rings. The minimum atomic E-state index is -0.155. The van der Waals surface area contributed by atoms with Crippen LogP contribution in [0.15, 0.2) is 18.2 Å². The first-order valence-corrected chi connectivity index (χ1v) is 6.87. The average Bonchev–Trinajstić information content (AvgIpc) is 2.36. The van der Waals surface area contributed by atoms with Gasteiger partial charge in [-0.3, -0.25) is 0 Å². The Hall–Kier alpha value is -1.09. The van der Waals surface area contributed by atoms with Crippen molar-refractivity contribution in [2.75, 3.05) is 25.5 Å². The van der Waals surface area contributed by atoms with Crippen molar-refractivity contribution in [2.24, 2.45) is 0 Å². The standard InChI is InChI=1S/C15H23FN2/c1-12-6-7-14(16)15(11-12)17-9-8-13-5-3-4-10-18(13)2/h6-7,11,13,17H,3-5,8-10H2,1-2H3. The zero-order chi connectivity index (χ0) is 13.0. The molecule has 1 aliphatic heterocycles. The molecule has 0 aromatic heterocycles. The molecule has 100 valence electrons. The molecule has 1 aromatic rings. The third kappa shape index (κ3) is 3.45. The van der Waals surface area contributed by atoms with Gasteiger partial charge in [0.2, 0.25) is 0 Å². The molecule has 0 aliphatic carbocycles. The second-order valence-corrected chi connectivity index (χ2v) is 5.33. The molecular weight excluding hydrogens is 227 g/mol. The molecule has 0 bridgehead atoms. The van der Waals surface area contributed by atoms with Crippen molar-refractivity contribution in [3.63, 3.8) is 0 Å². The van der Waals surface area contributed by atoms with E-state index in [-0.39, 0.29) is 5.82 Å². The quantitative estimate of drug-likeness (QED) is 0.881. The summed E-state index contributed by atoms with van der Waals surface area (Å²) in [4.78, 5) is 2.43. The topological polar surface area (TPSA) is 15.3 Å². The maximum Gasteiger partial charge on any atom is 0.146 e. The zero-order valence-electron chi connectivity index (χ0n) is 11.4. The van der Waals surface area contributed by atoms with Crippen LogP contribution in [0.2, 0.25) is 0 Å². The molecule has 1 N–H and O–H groups in total. The molecule has 18 heavy (non-hydrogen) atoms. The van der Waals surface area contributed by atoms with Crippen molar-refractivity contribution in [1.82, 2.24) is 4.90 Å². The summed E-state index contributed by atoms with van der Waals surface area (Å²) in [6, 6.07) is 5.86. The van der Waals surface area contributed by atoms with Gasteiger partial charge in [-0.05, 0) is 57.5 Å². The van der Waals surface area contributed by atoms with Crippen molar-refractivity contribution in [1.29, 1.82) is 0 Å². The predicted octanol–water partition coefficient (Wildman–Crippen LogP) is 3.42. The predicted molar refractivity (Wildman–Crippen MR) is 74.5 cm³/mol. The highest BCUT2D eigenvalue weighted by Crippen LogP contribution is 2.19. The molecule has 0 saturated carbocycles. The molecule has 3 heteroatoms. The van der Waals surface area contributed by atoms with E-state index in [4.69, 9.17) is 0 Å². The number of likely N-dealkylation sites (tertiary alicyclic amines) is 1. The average molecular weight is 250 g/mol. The van der Waals surface area contributed by atoms with Gasteiger partial charge in [0.15, 0.2) is 0 Å². The first-order valence-electron chi connectivity index (χ1n) is 6.87. The van der Waals surface area contributed by atoms with Crippen molar-refractivity contribution >= 4 is 5.69 Å². The van der Waals surface area contributed by atoms with E-state index in [9.17, 15) is 4.39 Å². The summed E-state index contributed by atoms with van der Waals surface area (Å²) in [5.74, 6) is -0.155. The highest BCUT2D eigenvalue weighted by Gasteiger charge is 2.18. The van der Waals surface area contributed by atoms with Crippen LogP contribution in [-0.2, 0) is 0 Å². The van der Waals surface area contributed by atoms with Gasteiger partial charge in [0.1, 0.15) is 5.82 Å². The summed E-state index contributed by atoms with van der Waals surface area (Å²) in [6.07, 6.45) is 5.00. The molecule has 0 spiro atoms. The highest BCUT2D eigenvalue weighted by atomic mass is 19.1. The lowest BCUT2D eigenvalue weighted by atomic mass is 10.0. The molecular formula is C15H23FN2. The van der Waals surface area contributed by atoms with Crippen LogP contribution < -0.4 is 5.32 Å². The van der Waals surface area contributed by atoms with Gasteiger partial charge in [0.25, 0.3) is 0 Å². The molecule has 1 saturated heterocycles. The van der Waals surface area contributed by atoms with Gasteiger partial charge in [0.05, 0.1) is 5.69 Å². The Kier molecular flexibility index (Phi) is 4.59. The molecule has 1 aliphatic rings. The van der Waals surface area contributed by atoms with Crippen molar-refractivity contribution in [3.05, 3.63) is 29.6 Å². The van der Waals surface area contributed by atoms with Crippen LogP contribution in [0.1, 0.15) is 31.2 Å². The van der Waals surface area contributed by atoms with E-state index in [1.54, 1.807) is 6.07 Å². The first-order chi connectivity index (χ1) is 8.66. The van der Waals surface area contributed by atoms with Gasteiger partial charge in [-0.25, -0.2) is 4.39 Å². The molecule has 1 unspecified atom stereocenters. The van der Waals surface area contributed by atoms with E-state index >= 15 is 0 Å². The summed E-state index contributed by atoms with van der Waals surface area (Å²) in [7, 11) is 2.19. The molecule has 1 heterocycles. The minimum absolute atomic E-state index is 0.155. The Labute approximate surface area is 109 Å². The van der Waals surface area contributed by atoms with Crippen LogP contribution in [0.3, 0.4) is 0 Å². The largest absolute Gasteiger partial charge is 0.383 e. The molecule has 1 atom stereocenters. The summed E-state index contributed by atoms with van der Waals surface area (Å²) in [5, 5.41) is 3.22. The Balaban J connectivity index is 1.82. The Morgan fingerprint density at radius 2 is 2.22 bits per heavy atom. The Bertz CT molecular complexity index is 392. The molecule has 0 radical (unpaired) electrons. The lowest BCUT2D eigenvalue weighted by molar-refractivity contribution is 0.179. The van der Waals surface area contributed by atoms with Crippen LogP contribution in [0.25, 0.3) is 0 Å². The SMILES string of the molecule is Cc1ccc(F)c(NCCC2CCCCN2C)c1. The third-order valence-electron chi connectivity index (χ3n) is 3.84. The first kappa shape index (κ1) is 13.3. The van der Waals surface area contributed by atoms with Crippen LogP contribution in [0.5, 0.6) is 0 Å². The van der Waals surface area contributed by atoms with E-state index in [0.717, 1.165) is 18.5 Å². The van der Waals surface area contributed by atoms with E-state index < -0.39 is 0 Å². The van der Waals surface area contributed by atoms with Gasteiger partial charge in [-0.15, -0.1) is 0 Å². The van der Waals surface area contributed by atoms with E-state index in [2.05, 4.69) is 17.3 Å². The summed E-state index contributed by atoms with van der Waals surface area (Å²) >= 11 is 0. The van der Waals surface area contributed by atoms with Crippen LogP contribution >= 0.6 is 0 Å². The number of aryl methyl sites for hydroxylation is 1. The van der Waals surface area contributed by atoms with E-state index in [0.29, 0.717) is 11.7 Å². The highest BCUT2D eigenvalue weighted by molar-refractivity contribution is 5.46. The fourth-order valence-corrected chi connectivity index (χ4v) is 2.66. The number of hydrogen-bond donors (Lipinski definition) is 1. The lowest BCUT2D eigenvalue weighted by Gasteiger charge is -2.32. The fraction of sp³-hybridized carbons (Fsp3) is 0.600. The summed E-state index contributed by atoms with van der Waals surface area (Å²) in [6.45, 7) is 4.03. The van der Waals surface area contributed by atoms with E-state index in [1.807, 2.05) is 13.0 Å². The van der Waals surface area contributed by atoms with Gasteiger partial charge in [-0.1, -0.05) is 12.5 Å². The van der Waals surface area contributed by atoms with Crippen LogP contribution in [0.4, 0.5) is 10.1 Å². The number of nitrogens with zero attached hydrogens (tertiary/aromatic N) is 1. The molecule has 2 rings (SSSR count). The zero-order valence-corrected chi connectivity index (χ0v) is 11.4. The van der Waals surface area contributed by atoms with Gasteiger partial charge in [-0.2, -0.15) is 0 Å². The van der Waals surface area contributed by atoms with E-state index in [1.165, 1.54) is 31.9 Å². The maximum atomic E-state index is 13.5. The van der Waals surface area contributed by atoms with Crippen molar-refractivity contribution < 1.29 is 4.39 Å². The number of halogens is 1.